The maximum Gasteiger partial charge on any atom is 0.323 e. The van der Waals surface area contributed by atoms with Crippen LogP contribution in [0.4, 0.5) is 4.79 Å². The quantitative estimate of drug-likeness (QED) is 0.130. The first-order valence-corrected chi connectivity index (χ1v) is 14.9. The largest absolute Gasteiger partial charge is 0.462 e. The molecule has 5 atom stereocenters. The molecule has 0 aromatic heterocycles. The topological polar surface area (TPSA) is 115 Å². The number of nitrogens with zero attached hydrogens (tertiary/aromatic N) is 1. The fraction of sp³-hybridized carbons (Fsp3) is 0.414. The lowest BCUT2D eigenvalue weighted by molar-refractivity contribution is -0.149. The van der Waals surface area contributed by atoms with Crippen molar-refractivity contribution in [3.05, 3.63) is 65.8 Å². The van der Waals surface area contributed by atoms with Gasteiger partial charge in [-0.2, -0.15) is 0 Å². The molecule has 0 spiro atoms. The highest BCUT2D eigenvalue weighted by molar-refractivity contribution is 7.45. The lowest BCUT2D eigenvalue weighted by Gasteiger charge is -2.28. The number of nitrogens with one attached hydrogen (secondary N) is 2. The molecule has 0 radical (unpaired) electrons. The lowest BCUT2D eigenvalue weighted by atomic mass is 10.1. The first kappa shape index (κ1) is 32.5. The van der Waals surface area contributed by atoms with Crippen molar-refractivity contribution in [1.29, 1.82) is 0 Å². The minimum absolute atomic E-state index is 0.0299. The van der Waals surface area contributed by atoms with Gasteiger partial charge in [-0.15, -0.1) is 0 Å². The summed E-state index contributed by atoms with van der Waals surface area (Å²) >= 11 is 6.01. The molecule has 222 valence electrons. The monoisotopic (exact) mass is 605 g/mol. The summed E-state index contributed by atoms with van der Waals surface area (Å²) in [5.74, 6) is 0.0959. The standard InChI is InChI=1S/C29H37ClN3O7P/c1-19(2)38-28(35)21(4)32-41(40-25-13-9-23(10-14-25)22-7-11-24(30)12-8-22)37-18-26-17-20(3)27(39-26)33(15-6-16-34)29(36)31-5/h6-16,19-21,26-27,32H,17-18H2,1-5H3,(H,31,36)/b15-6-/t20-,21-,26?,27?,41?/m0/s1. The number of hydrogen-bond donors (Lipinski definition) is 2. The summed E-state index contributed by atoms with van der Waals surface area (Å²) in [6, 6.07) is 14.0. The Morgan fingerprint density at radius 1 is 1.12 bits per heavy atom. The molecule has 0 bridgehead atoms. The van der Waals surface area contributed by atoms with Gasteiger partial charge >= 0.3 is 20.5 Å². The molecule has 2 N–H and O–H groups in total. The van der Waals surface area contributed by atoms with Crippen LogP contribution in [0, 0.1) is 5.92 Å². The van der Waals surface area contributed by atoms with E-state index in [1.807, 2.05) is 55.5 Å². The number of carbonyl (C=O) groups excluding carboxylic acids is 3. The normalized spacial score (nSPS) is 20.0. The van der Waals surface area contributed by atoms with Gasteiger partial charge in [-0.1, -0.05) is 42.8 Å². The molecule has 3 rings (SSSR count). The van der Waals surface area contributed by atoms with Gasteiger partial charge in [-0.25, -0.2) is 9.88 Å². The first-order valence-electron chi connectivity index (χ1n) is 13.3. The van der Waals surface area contributed by atoms with Crippen molar-refractivity contribution in [3.63, 3.8) is 0 Å². The second-order valence-electron chi connectivity index (χ2n) is 9.81. The van der Waals surface area contributed by atoms with Gasteiger partial charge in [0, 0.05) is 24.2 Å². The molecule has 2 aromatic rings. The minimum atomic E-state index is -1.79. The van der Waals surface area contributed by atoms with E-state index in [0.29, 0.717) is 23.5 Å². The minimum Gasteiger partial charge on any atom is -0.462 e. The number of aldehydes is 1. The van der Waals surface area contributed by atoms with Crippen LogP contribution in [-0.4, -0.2) is 61.3 Å². The number of allylic oxidation sites excluding steroid dienone is 1. The van der Waals surface area contributed by atoms with Gasteiger partial charge in [-0.3, -0.25) is 14.5 Å². The van der Waals surface area contributed by atoms with Crippen LogP contribution in [0.1, 0.15) is 34.1 Å². The molecule has 10 nitrogen and oxygen atoms in total. The number of halogens is 1. The molecule has 2 aromatic carbocycles. The van der Waals surface area contributed by atoms with Crippen LogP contribution < -0.4 is 14.9 Å². The van der Waals surface area contributed by atoms with Crippen molar-refractivity contribution in [1.82, 2.24) is 15.3 Å². The Morgan fingerprint density at radius 3 is 2.34 bits per heavy atom. The molecule has 0 aliphatic carbocycles. The van der Waals surface area contributed by atoms with Crippen molar-refractivity contribution in [2.24, 2.45) is 5.92 Å². The second kappa shape index (κ2) is 15.8. The van der Waals surface area contributed by atoms with Crippen LogP contribution in [0.3, 0.4) is 0 Å². The molecule has 1 aliphatic rings. The third-order valence-electron chi connectivity index (χ3n) is 6.10. The molecule has 3 unspecified atom stereocenters. The van der Waals surface area contributed by atoms with E-state index in [4.69, 9.17) is 30.1 Å². The van der Waals surface area contributed by atoms with Gasteiger partial charge in [0.05, 0.1) is 18.8 Å². The summed E-state index contributed by atoms with van der Waals surface area (Å²) in [7, 11) is -0.280. The van der Waals surface area contributed by atoms with Crippen LogP contribution >= 0.6 is 20.1 Å². The zero-order chi connectivity index (χ0) is 29.9. The number of urea groups is 1. The van der Waals surface area contributed by atoms with Crippen molar-refractivity contribution in [3.8, 4) is 16.9 Å². The summed E-state index contributed by atoms with van der Waals surface area (Å²) < 4.78 is 23.7. The average molecular weight is 606 g/mol. The van der Waals surface area contributed by atoms with Crippen molar-refractivity contribution in [2.45, 2.75) is 58.6 Å². The number of benzene rings is 2. The zero-order valence-corrected chi connectivity index (χ0v) is 25.4. The third-order valence-corrected chi connectivity index (χ3v) is 7.71. The van der Waals surface area contributed by atoms with E-state index in [1.165, 1.54) is 24.2 Å². The van der Waals surface area contributed by atoms with E-state index in [2.05, 4.69) is 10.4 Å². The van der Waals surface area contributed by atoms with Crippen LogP contribution in [0.5, 0.6) is 5.75 Å². The number of hydrogen-bond acceptors (Lipinski definition) is 8. The highest BCUT2D eigenvalue weighted by Crippen LogP contribution is 2.39. The van der Waals surface area contributed by atoms with Crippen molar-refractivity contribution >= 4 is 38.4 Å². The Balaban J connectivity index is 1.69. The zero-order valence-electron chi connectivity index (χ0n) is 23.8. The third kappa shape index (κ3) is 9.80. The predicted molar refractivity (Wildman–Crippen MR) is 158 cm³/mol. The summed E-state index contributed by atoms with van der Waals surface area (Å²) in [6.07, 6.45) is 2.64. The fourth-order valence-electron chi connectivity index (χ4n) is 4.12. The highest BCUT2D eigenvalue weighted by atomic mass is 35.5. The Hall–Kier alpha value is -3.01. The first-order chi connectivity index (χ1) is 19.6. The SMILES string of the molecule is CNC(=O)N(/C=C\C=O)C1OC(COP(N[C@@H](C)C(=O)OC(C)C)Oc2ccc(-c3ccc(Cl)cc3)cc2)C[C@@H]1C. The van der Waals surface area contributed by atoms with Crippen LogP contribution in [-0.2, 0) is 23.6 Å². The molecule has 1 fully saturated rings. The molecule has 1 saturated heterocycles. The average Bonchev–Trinajstić information content (AvgIpc) is 3.32. The van der Waals surface area contributed by atoms with Gasteiger partial charge in [0.1, 0.15) is 24.3 Å². The number of amides is 2. The summed E-state index contributed by atoms with van der Waals surface area (Å²) in [4.78, 5) is 37.0. The Morgan fingerprint density at radius 2 is 1.76 bits per heavy atom. The maximum atomic E-state index is 12.5. The molecular weight excluding hydrogens is 569 g/mol. The van der Waals surface area contributed by atoms with E-state index in [0.717, 1.165) is 11.1 Å². The Kier molecular flexibility index (Phi) is 12.6. The van der Waals surface area contributed by atoms with E-state index in [1.54, 1.807) is 20.8 Å². The number of ether oxygens (including phenoxy) is 2. The smallest absolute Gasteiger partial charge is 0.323 e. The van der Waals surface area contributed by atoms with Crippen molar-refractivity contribution < 1.29 is 32.9 Å². The Labute approximate surface area is 247 Å². The van der Waals surface area contributed by atoms with Gasteiger partial charge in [0.25, 0.3) is 0 Å². The molecular formula is C29H37ClN3O7P. The lowest BCUT2D eigenvalue weighted by Crippen LogP contribution is -2.44. The molecule has 1 aliphatic heterocycles. The van der Waals surface area contributed by atoms with Gasteiger partial charge in [0.2, 0.25) is 0 Å². The maximum absolute atomic E-state index is 12.5. The van der Waals surface area contributed by atoms with Gasteiger partial charge in [0.15, 0.2) is 0 Å². The molecule has 12 heteroatoms. The van der Waals surface area contributed by atoms with Crippen molar-refractivity contribution in [2.75, 3.05) is 13.7 Å². The fourth-order valence-corrected chi connectivity index (χ4v) is 5.46. The van der Waals surface area contributed by atoms with Gasteiger partial charge in [-0.05, 0) is 68.7 Å². The van der Waals surface area contributed by atoms with E-state index in [9.17, 15) is 14.4 Å². The van der Waals surface area contributed by atoms with Crippen LogP contribution in [0.15, 0.2) is 60.8 Å². The van der Waals surface area contributed by atoms with Crippen LogP contribution in [0.2, 0.25) is 5.02 Å². The Bertz CT molecular complexity index is 1180. The molecule has 41 heavy (non-hydrogen) atoms. The van der Waals surface area contributed by atoms with Crippen LogP contribution in [0.25, 0.3) is 11.1 Å². The number of esters is 1. The van der Waals surface area contributed by atoms with E-state index < -0.39 is 32.8 Å². The highest BCUT2D eigenvalue weighted by Gasteiger charge is 2.38. The summed E-state index contributed by atoms with van der Waals surface area (Å²) in [5, 5.41) is 6.32. The summed E-state index contributed by atoms with van der Waals surface area (Å²) in [6.45, 7) is 7.35. The predicted octanol–water partition coefficient (Wildman–Crippen LogP) is 5.66. The second-order valence-corrected chi connectivity index (χ2v) is 11.5. The molecule has 2 amide bonds. The van der Waals surface area contributed by atoms with E-state index >= 15 is 0 Å². The number of carbonyl (C=O) groups is 3. The van der Waals surface area contributed by atoms with E-state index in [-0.39, 0.29) is 24.7 Å². The van der Waals surface area contributed by atoms with Gasteiger partial charge < -0.3 is 23.8 Å². The molecule has 1 heterocycles. The molecule has 0 saturated carbocycles. The summed E-state index contributed by atoms with van der Waals surface area (Å²) in [5.41, 5.74) is 2.00. The number of rotatable bonds is 13.